The smallest absolute Gasteiger partial charge is 0.323 e. The number of nitrogens with two attached hydrogens (primary N) is 1. The second-order valence-electron chi connectivity index (χ2n) is 9.30. The van der Waals surface area contributed by atoms with Gasteiger partial charge in [0.05, 0.1) is 10.9 Å². The van der Waals surface area contributed by atoms with Crippen molar-refractivity contribution in [1.29, 1.82) is 0 Å². The van der Waals surface area contributed by atoms with Crippen LogP contribution in [0.5, 0.6) is 0 Å². The fraction of sp³-hybridized carbons (Fsp3) is 0.286. The number of fused-ring (bicyclic) bond motifs is 1. The Morgan fingerprint density at radius 1 is 1.08 bits per heavy atom. The number of nitrogens with zero attached hydrogens (tertiary/aromatic N) is 3. The van der Waals surface area contributed by atoms with Crippen molar-refractivity contribution in [3.8, 4) is 0 Å². The lowest BCUT2D eigenvalue weighted by atomic mass is 10.0. The largest absolute Gasteiger partial charge is 0.383 e. The molecule has 1 aliphatic carbocycles. The number of anilines is 3. The van der Waals surface area contributed by atoms with Crippen LogP contribution in [0.15, 0.2) is 55.0 Å². The summed E-state index contributed by atoms with van der Waals surface area (Å²) in [6.07, 6.45) is 8.54. The number of ketones is 1. The predicted molar refractivity (Wildman–Crippen MR) is 143 cm³/mol. The Morgan fingerprint density at radius 2 is 1.86 bits per heavy atom. The highest BCUT2D eigenvalue weighted by Crippen LogP contribution is 2.35. The summed E-state index contributed by atoms with van der Waals surface area (Å²) in [5, 5.41) is 6.39. The van der Waals surface area contributed by atoms with E-state index in [1.54, 1.807) is 24.3 Å². The summed E-state index contributed by atoms with van der Waals surface area (Å²) in [5.74, 6) is 0.105. The molecular weight excluding hydrogens is 452 g/mol. The highest BCUT2D eigenvalue weighted by molar-refractivity contribution is 6.18. The van der Waals surface area contributed by atoms with Crippen molar-refractivity contribution in [2.45, 2.75) is 52.0 Å². The number of carbonyl (C=O) groups excluding carboxylic acids is 2. The van der Waals surface area contributed by atoms with Crippen LogP contribution in [0.4, 0.5) is 22.0 Å². The Hall–Kier alpha value is -4.20. The Kier molecular flexibility index (Phi) is 6.41. The third-order valence-electron chi connectivity index (χ3n) is 6.96. The van der Waals surface area contributed by atoms with E-state index >= 15 is 0 Å². The van der Waals surface area contributed by atoms with Crippen LogP contribution in [-0.4, -0.2) is 26.3 Å². The molecule has 0 atom stereocenters. The molecule has 2 aromatic heterocycles. The zero-order valence-corrected chi connectivity index (χ0v) is 20.5. The summed E-state index contributed by atoms with van der Waals surface area (Å²) < 4.78 is 2.08. The first kappa shape index (κ1) is 23.5. The van der Waals surface area contributed by atoms with E-state index in [-0.39, 0.29) is 11.8 Å². The molecule has 2 amide bonds. The van der Waals surface area contributed by atoms with E-state index in [1.165, 1.54) is 6.33 Å². The van der Waals surface area contributed by atoms with Crippen molar-refractivity contribution in [2.75, 3.05) is 16.4 Å². The fourth-order valence-corrected chi connectivity index (χ4v) is 5.11. The first-order chi connectivity index (χ1) is 17.5. The summed E-state index contributed by atoms with van der Waals surface area (Å²) in [6.45, 7) is 4.01. The van der Waals surface area contributed by atoms with E-state index in [1.807, 2.05) is 31.3 Å². The van der Waals surface area contributed by atoms with Crippen LogP contribution in [-0.2, 0) is 6.42 Å². The van der Waals surface area contributed by atoms with Crippen LogP contribution in [0, 0.1) is 6.92 Å². The lowest BCUT2D eigenvalue weighted by Crippen LogP contribution is -2.21. The zero-order valence-electron chi connectivity index (χ0n) is 20.5. The lowest BCUT2D eigenvalue weighted by molar-refractivity contribution is 0.104. The summed E-state index contributed by atoms with van der Waals surface area (Å²) in [5.41, 5.74) is 11.2. The van der Waals surface area contributed by atoms with Gasteiger partial charge in [-0.25, -0.2) is 14.8 Å². The van der Waals surface area contributed by atoms with Gasteiger partial charge in [0.15, 0.2) is 5.78 Å². The van der Waals surface area contributed by atoms with E-state index in [2.05, 4.69) is 32.1 Å². The van der Waals surface area contributed by atoms with Gasteiger partial charge in [-0.05, 0) is 49.4 Å². The number of urea groups is 1. The topological polar surface area (TPSA) is 115 Å². The minimum absolute atomic E-state index is 0.186. The Morgan fingerprint density at radius 3 is 2.64 bits per heavy atom. The minimum atomic E-state index is -0.362. The molecule has 8 heteroatoms. The van der Waals surface area contributed by atoms with Gasteiger partial charge in [0.25, 0.3) is 0 Å². The van der Waals surface area contributed by atoms with E-state index in [4.69, 9.17) is 5.73 Å². The van der Waals surface area contributed by atoms with E-state index in [9.17, 15) is 9.59 Å². The monoisotopic (exact) mass is 482 g/mol. The lowest BCUT2D eigenvalue weighted by Gasteiger charge is -2.14. The SMILES string of the molecule is CCc1cccc(C)c1NC(=O)Nc1cccc(C(=O)c2cn(C3CCCC3)c3ncnc(N)c23)c1. The number of carbonyl (C=O) groups is 2. The van der Waals surface area contributed by atoms with Crippen molar-refractivity contribution < 1.29 is 9.59 Å². The van der Waals surface area contributed by atoms with Gasteiger partial charge >= 0.3 is 6.03 Å². The highest BCUT2D eigenvalue weighted by atomic mass is 16.2. The van der Waals surface area contributed by atoms with E-state index in [0.29, 0.717) is 39.7 Å². The number of hydrogen-bond donors (Lipinski definition) is 3. The number of aryl methyl sites for hydroxylation is 2. The average Bonchev–Trinajstić information content (AvgIpc) is 3.54. The molecule has 2 heterocycles. The molecule has 0 spiro atoms. The number of nitrogen functional groups attached to an aromatic ring is 1. The number of amides is 2. The number of aromatic nitrogens is 3. The van der Waals surface area contributed by atoms with Crippen LogP contribution in [0.2, 0.25) is 0 Å². The molecule has 4 N–H and O–H groups in total. The molecule has 0 bridgehead atoms. The molecule has 5 rings (SSSR count). The third-order valence-corrected chi connectivity index (χ3v) is 6.96. The molecule has 4 aromatic rings. The number of para-hydroxylation sites is 1. The quantitative estimate of drug-likeness (QED) is 0.297. The number of benzene rings is 2. The number of hydrogen-bond acceptors (Lipinski definition) is 5. The molecule has 1 fully saturated rings. The Labute approximate surface area is 209 Å². The molecule has 2 aromatic carbocycles. The number of rotatable bonds is 6. The minimum Gasteiger partial charge on any atom is -0.383 e. The summed E-state index contributed by atoms with van der Waals surface area (Å²) in [4.78, 5) is 35.0. The predicted octanol–water partition coefficient (Wildman–Crippen LogP) is 5.87. The Bertz CT molecular complexity index is 1450. The molecule has 0 unspecified atom stereocenters. The van der Waals surface area contributed by atoms with Gasteiger partial charge in [-0.1, -0.05) is 50.1 Å². The normalized spacial score (nSPS) is 13.7. The van der Waals surface area contributed by atoms with E-state index < -0.39 is 0 Å². The van der Waals surface area contributed by atoms with Crippen molar-refractivity contribution in [3.05, 3.63) is 77.2 Å². The first-order valence-corrected chi connectivity index (χ1v) is 12.4. The molecule has 0 saturated heterocycles. The zero-order chi connectivity index (χ0) is 25.2. The highest BCUT2D eigenvalue weighted by Gasteiger charge is 2.25. The molecule has 0 aliphatic heterocycles. The summed E-state index contributed by atoms with van der Waals surface area (Å²) >= 11 is 0. The Balaban J connectivity index is 1.42. The maximum Gasteiger partial charge on any atom is 0.323 e. The molecular formula is C28H30N6O2. The van der Waals surface area contributed by atoms with Gasteiger partial charge in [-0.3, -0.25) is 4.79 Å². The molecule has 0 radical (unpaired) electrons. The molecule has 36 heavy (non-hydrogen) atoms. The molecule has 184 valence electrons. The van der Waals surface area contributed by atoms with Crippen LogP contribution < -0.4 is 16.4 Å². The van der Waals surface area contributed by atoms with Gasteiger partial charge < -0.3 is 20.9 Å². The van der Waals surface area contributed by atoms with Crippen molar-refractivity contribution in [1.82, 2.24) is 14.5 Å². The van der Waals surface area contributed by atoms with E-state index in [0.717, 1.165) is 48.9 Å². The molecule has 1 aliphatic rings. The van der Waals surface area contributed by atoms with Gasteiger partial charge in [0, 0.05) is 29.2 Å². The second-order valence-corrected chi connectivity index (χ2v) is 9.30. The summed E-state index contributed by atoms with van der Waals surface area (Å²) in [6, 6.07) is 12.8. The molecule has 8 nitrogen and oxygen atoms in total. The van der Waals surface area contributed by atoms with Crippen molar-refractivity contribution in [3.63, 3.8) is 0 Å². The maximum absolute atomic E-state index is 13.6. The second kappa shape index (κ2) is 9.81. The van der Waals surface area contributed by atoms with Gasteiger partial charge in [0.1, 0.15) is 17.8 Å². The van der Waals surface area contributed by atoms with Gasteiger partial charge in [-0.15, -0.1) is 0 Å². The van der Waals surface area contributed by atoms with Crippen LogP contribution in [0.3, 0.4) is 0 Å². The van der Waals surface area contributed by atoms with Crippen LogP contribution >= 0.6 is 0 Å². The third kappa shape index (κ3) is 4.42. The first-order valence-electron chi connectivity index (χ1n) is 12.4. The summed E-state index contributed by atoms with van der Waals surface area (Å²) in [7, 11) is 0. The number of nitrogens with one attached hydrogen (secondary N) is 2. The van der Waals surface area contributed by atoms with Crippen molar-refractivity contribution >= 4 is 40.0 Å². The fourth-order valence-electron chi connectivity index (χ4n) is 5.11. The molecule has 1 saturated carbocycles. The van der Waals surface area contributed by atoms with Crippen LogP contribution in [0.25, 0.3) is 11.0 Å². The standard InChI is InChI=1S/C28H30N6O2/c1-3-18-9-6-8-17(2)24(18)33-28(36)32-20-11-7-10-19(14-20)25(35)22-15-34(21-12-4-5-13-21)27-23(22)26(29)30-16-31-27/h6-11,14-16,21H,3-5,12-13H2,1-2H3,(H2,29,30,31)(H2,32,33,36). The van der Waals surface area contributed by atoms with Crippen LogP contribution in [0.1, 0.15) is 65.7 Å². The maximum atomic E-state index is 13.6. The van der Waals surface area contributed by atoms with Crippen molar-refractivity contribution in [2.24, 2.45) is 0 Å². The average molecular weight is 483 g/mol. The van der Waals surface area contributed by atoms with Gasteiger partial charge in [0.2, 0.25) is 0 Å². The van der Waals surface area contributed by atoms with Gasteiger partial charge in [-0.2, -0.15) is 0 Å².